The minimum Gasteiger partial charge on any atom is -0.469 e. The Morgan fingerprint density at radius 3 is 1.59 bits per heavy atom. The van der Waals surface area contributed by atoms with Crippen LogP contribution in [0.25, 0.3) is 0 Å². The van der Waals surface area contributed by atoms with Crippen LogP contribution in [0.5, 0.6) is 0 Å². The van der Waals surface area contributed by atoms with Crippen LogP contribution < -0.4 is 0 Å². The fourth-order valence-corrected chi connectivity index (χ4v) is 8.56. The Hall–Kier alpha value is 0.950. The molecule has 0 aromatic carbocycles. The van der Waals surface area contributed by atoms with E-state index in [4.69, 9.17) is 69.6 Å². The van der Waals surface area contributed by atoms with Gasteiger partial charge in [-0.3, -0.25) is 4.79 Å². The van der Waals surface area contributed by atoms with Crippen molar-refractivity contribution in [1.29, 1.82) is 0 Å². The molecule has 0 radical (unpaired) electrons. The van der Waals surface area contributed by atoms with E-state index in [-0.39, 0.29) is 17.8 Å². The Balaban J connectivity index is 1.98. The lowest BCUT2D eigenvalue weighted by Crippen LogP contribution is -2.44. The fourth-order valence-electron chi connectivity index (χ4n) is 5.42. The summed E-state index contributed by atoms with van der Waals surface area (Å²) in [4.78, 5) is 8.92. The highest BCUT2D eigenvalue weighted by Crippen LogP contribution is 2.77. The Kier molecular flexibility index (Phi) is 11.6. The normalized spacial score (nSPS) is 30.9. The van der Waals surface area contributed by atoms with E-state index in [1.807, 2.05) is 0 Å². The summed E-state index contributed by atoms with van der Waals surface area (Å²) in [5.74, 6) is -0.200. The van der Waals surface area contributed by atoms with Gasteiger partial charge in [-0.25, -0.2) is 0 Å². The Morgan fingerprint density at radius 2 is 1.16 bits per heavy atom. The van der Waals surface area contributed by atoms with Crippen LogP contribution in [0.3, 0.4) is 0 Å². The number of rotatable bonds is 15. The van der Waals surface area contributed by atoms with Crippen molar-refractivity contribution in [3.63, 3.8) is 0 Å². The van der Waals surface area contributed by atoms with E-state index in [2.05, 4.69) is 11.7 Å². The molecular formula is C24H36Cl6O2. The van der Waals surface area contributed by atoms with Gasteiger partial charge in [-0.15, -0.1) is 23.2 Å². The van der Waals surface area contributed by atoms with Crippen LogP contribution in [0.4, 0.5) is 0 Å². The molecule has 1 fully saturated rings. The number of unbranched alkanes of at least 4 members (excludes halogenated alkanes) is 9. The van der Waals surface area contributed by atoms with E-state index in [0.29, 0.717) is 16.5 Å². The lowest BCUT2D eigenvalue weighted by molar-refractivity contribution is -0.140. The van der Waals surface area contributed by atoms with Crippen LogP contribution in [0, 0.1) is 11.8 Å². The van der Waals surface area contributed by atoms with Crippen LogP contribution in [0.2, 0.25) is 0 Å². The molecule has 2 rings (SSSR count). The second-order valence-electron chi connectivity index (χ2n) is 9.28. The van der Waals surface area contributed by atoms with Crippen LogP contribution in [-0.2, 0) is 9.53 Å². The lowest BCUT2D eigenvalue weighted by atomic mass is 9.76. The minimum absolute atomic E-state index is 0.0165. The maximum absolute atomic E-state index is 11.2. The number of hydrogen-bond acceptors (Lipinski definition) is 2. The first-order valence-corrected chi connectivity index (χ1v) is 14.3. The molecule has 0 unspecified atom stereocenters. The number of halogens is 6. The number of allylic oxidation sites excluding steroid dienone is 2. The van der Waals surface area contributed by atoms with E-state index in [1.54, 1.807) is 0 Å². The van der Waals surface area contributed by atoms with Crippen LogP contribution in [0.15, 0.2) is 10.1 Å². The van der Waals surface area contributed by atoms with Gasteiger partial charge in [-0.2, -0.15) is 0 Å². The van der Waals surface area contributed by atoms with E-state index in [0.717, 1.165) is 57.8 Å². The average molecular weight is 569 g/mol. The van der Waals surface area contributed by atoms with Crippen molar-refractivity contribution in [1.82, 2.24) is 0 Å². The van der Waals surface area contributed by atoms with E-state index >= 15 is 0 Å². The van der Waals surface area contributed by atoms with Crippen molar-refractivity contribution in [2.75, 3.05) is 7.11 Å². The molecule has 0 aromatic heterocycles. The van der Waals surface area contributed by atoms with E-state index in [1.165, 1.54) is 32.8 Å². The summed E-state index contributed by atoms with van der Waals surface area (Å²) in [6.07, 6.45) is 14.3. The van der Waals surface area contributed by atoms with Crippen molar-refractivity contribution in [3.8, 4) is 0 Å². The topological polar surface area (TPSA) is 26.3 Å². The highest BCUT2D eigenvalue weighted by atomic mass is 35.5. The molecule has 0 N–H and O–H groups in total. The molecule has 2 aliphatic rings. The lowest BCUT2D eigenvalue weighted by Gasteiger charge is -2.37. The number of carbonyl (C=O) groups is 1. The SMILES string of the molecule is CCCCCCCC[C@@H]1[C@H](CCCCCCCC(=O)OC)[C@]2(Cl)C(Cl)=C(Cl)[C@]1(Cl)C2(Cl)Cl. The first-order valence-electron chi connectivity index (χ1n) is 12.0. The standard InChI is InChI=1S/C24H36Cl6O2/c1-3-4-5-6-8-11-14-17-18(15-12-9-7-10-13-16-19(31)32-2)23(28)21(26)20(25)22(17,27)24(23,29)30/h17-18H,3-16H2,1-2H3/t17-,18+,22+,23+/m1/s1. The van der Waals surface area contributed by atoms with Crippen molar-refractivity contribution in [3.05, 3.63) is 10.1 Å². The zero-order valence-corrected chi connectivity index (χ0v) is 23.7. The molecule has 2 nitrogen and oxygen atoms in total. The molecule has 0 spiro atoms. The fraction of sp³-hybridized carbons (Fsp3) is 0.875. The number of fused-ring (bicyclic) bond motifs is 2. The zero-order chi connectivity index (χ0) is 24.0. The summed E-state index contributed by atoms with van der Waals surface area (Å²) >= 11 is 41.1. The molecule has 0 aromatic rings. The number of carbonyl (C=O) groups excluding carboxylic acids is 1. The number of esters is 1. The van der Waals surface area contributed by atoms with Gasteiger partial charge in [0, 0.05) is 6.42 Å². The first-order chi connectivity index (χ1) is 15.1. The third-order valence-electron chi connectivity index (χ3n) is 7.25. The summed E-state index contributed by atoms with van der Waals surface area (Å²) in [6, 6.07) is 0. The molecule has 1 saturated carbocycles. The van der Waals surface area contributed by atoms with Gasteiger partial charge in [-0.05, 0) is 31.1 Å². The second kappa shape index (κ2) is 12.8. The van der Waals surface area contributed by atoms with E-state index in [9.17, 15) is 4.79 Å². The predicted octanol–water partition coefficient (Wildman–Crippen LogP) is 9.72. The molecule has 32 heavy (non-hydrogen) atoms. The highest BCUT2D eigenvalue weighted by Gasteiger charge is 2.81. The van der Waals surface area contributed by atoms with Gasteiger partial charge in [0.1, 0.15) is 9.75 Å². The maximum atomic E-state index is 11.2. The van der Waals surface area contributed by atoms with Gasteiger partial charge < -0.3 is 4.74 Å². The van der Waals surface area contributed by atoms with Crippen LogP contribution >= 0.6 is 69.6 Å². The first kappa shape index (κ1) is 29.2. The Morgan fingerprint density at radius 1 is 0.750 bits per heavy atom. The van der Waals surface area contributed by atoms with Crippen molar-refractivity contribution in [2.24, 2.45) is 11.8 Å². The molecular weight excluding hydrogens is 533 g/mol. The molecule has 186 valence electrons. The monoisotopic (exact) mass is 566 g/mol. The predicted molar refractivity (Wildman–Crippen MR) is 140 cm³/mol. The molecule has 2 aliphatic carbocycles. The third kappa shape index (κ3) is 5.52. The van der Waals surface area contributed by atoms with Gasteiger partial charge in [0.2, 0.25) is 0 Å². The second-order valence-corrected chi connectivity index (χ2v) is 12.6. The number of hydrogen-bond donors (Lipinski definition) is 0. The van der Waals surface area contributed by atoms with Gasteiger partial charge in [0.05, 0.1) is 17.2 Å². The Labute approximate surface area is 224 Å². The van der Waals surface area contributed by atoms with Crippen molar-refractivity contribution >= 4 is 75.6 Å². The minimum atomic E-state index is -1.45. The van der Waals surface area contributed by atoms with Gasteiger partial charge in [-0.1, -0.05) is 118 Å². The summed E-state index contributed by atoms with van der Waals surface area (Å²) in [6.45, 7) is 2.22. The molecule has 0 amide bonds. The molecule has 0 saturated heterocycles. The molecule has 0 heterocycles. The summed E-state index contributed by atoms with van der Waals surface area (Å²) in [5.41, 5.74) is 0. The molecule has 2 bridgehead atoms. The molecule has 8 heteroatoms. The maximum Gasteiger partial charge on any atom is 0.305 e. The van der Waals surface area contributed by atoms with Crippen molar-refractivity contribution in [2.45, 2.75) is 111 Å². The summed E-state index contributed by atoms with van der Waals surface area (Å²) < 4.78 is 3.24. The number of methoxy groups -OCH3 is 1. The summed E-state index contributed by atoms with van der Waals surface area (Å²) in [5, 5.41) is 0.624. The quantitative estimate of drug-likeness (QED) is 0.112. The number of ether oxygens (including phenoxy) is 1. The van der Waals surface area contributed by atoms with Gasteiger partial charge in [0.25, 0.3) is 0 Å². The molecule has 4 atom stereocenters. The third-order valence-corrected chi connectivity index (χ3v) is 11.6. The summed E-state index contributed by atoms with van der Waals surface area (Å²) in [7, 11) is 1.42. The Bertz CT molecular complexity index is 667. The average Bonchev–Trinajstić information content (AvgIpc) is 2.96. The van der Waals surface area contributed by atoms with E-state index < -0.39 is 14.1 Å². The largest absolute Gasteiger partial charge is 0.469 e. The van der Waals surface area contributed by atoms with Crippen LogP contribution in [0.1, 0.15) is 96.8 Å². The zero-order valence-electron chi connectivity index (χ0n) is 19.1. The smallest absolute Gasteiger partial charge is 0.305 e. The van der Waals surface area contributed by atoms with Crippen molar-refractivity contribution < 1.29 is 9.53 Å². The molecule has 0 aliphatic heterocycles. The van der Waals surface area contributed by atoms with Gasteiger partial charge >= 0.3 is 5.97 Å². The van der Waals surface area contributed by atoms with Crippen LogP contribution in [-0.4, -0.2) is 27.2 Å². The van der Waals surface area contributed by atoms with Gasteiger partial charge in [0.15, 0.2) is 4.33 Å². The number of alkyl halides is 4. The highest BCUT2D eigenvalue weighted by molar-refractivity contribution is 6.65.